The molecular formula is C14H20N4O2S. The highest BCUT2D eigenvalue weighted by Crippen LogP contribution is 2.14. The van der Waals surface area contributed by atoms with Gasteiger partial charge in [-0.15, -0.1) is 0 Å². The molecule has 0 radical (unpaired) electrons. The maximum absolute atomic E-state index is 11.6. The van der Waals surface area contributed by atoms with Crippen molar-refractivity contribution in [3.8, 4) is 0 Å². The molecule has 1 aromatic heterocycles. The first-order chi connectivity index (χ1) is 10.1. The van der Waals surface area contributed by atoms with Crippen molar-refractivity contribution in [2.45, 2.75) is 31.3 Å². The van der Waals surface area contributed by atoms with Crippen LogP contribution in [0.25, 0.3) is 0 Å². The van der Waals surface area contributed by atoms with Crippen LogP contribution in [-0.2, 0) is 23.1 Å². The van der Waals surface area contributed by atoms with Crippen LogP contribution in [0.15, 0.2) is 41.7 Å². The Balaban J connectivity index is 2.02. The highest BCUT2D eigenvalue weighted by Gasteiger charge is 2.10. The molecule has 2 N–H and O–H groups in total. The third kappa shape index (κ3) is 3.83. The maximum atomic E-state index is 11.6. The topological polar surface area (TPSA) is 76.0 Å². The van der Waals surface area contributed by atoms with Crippen molar-refractivity contribution in [1.82, 2.24) is 14.3 Å². The zero-order valence-corrected chi connectivity index (χ0v) is 13.0. The number of anilines is 1. The van der Waals surface area contributed by atoms with Crippen LogP contribution in [0.1, 0.15) is 19.0 Å². The first-order valence-electron chi connectivity index (χ1n) is 6.83. The predicted octanol–water partition coefficient (Wildman–Crippen LogP) is 1.81. The number of hydrogen-bond donors (Lipinski definition) is 2. The standard InChI is InChI=1S/C14H20N4O2S/c1-3-8-18-11-16-9-13(18)10-17-12-4-6-14(7-5-12)21(19,20)15-2/h4-7,9,11,15,17H,3,8,10H2,1-2H3. The zero-order valence-electron chi connectivity index (χ0n) is 12.2. The van der Waals surface area contributed by atoms with Crippen LogP contribution in [0.3, 0.4) is 0 Å². The van der Waals surface area contributed by atoms with Gasteiger partial charge in [0.1, 0.15) is 0 Å². The minimum Gasteiger partial charge on any atom is -0.379 e. The fourth-order valence-corrected chi connectivity index (χ4v) is 2.73. The molecule has 114 valence electrons. The van der Waals surface area contributed by atoms with Crippen LogP contribution in [-0.4, -0.2) is 25.0 Å². The van der Waals surface area contributed by atoms with Gasteiger partial charge in [-0.1, -0.05) is 6.92 Å². The van der Waals surface area contributed by atoms with Gasteiger partial charge in [-0.2, -0.15) is 0 Å². The Labute approximate surface area is 125 Å². The van der Waals surface area contributed by atoms with E-state index in [0.29, 0.717) is 6.54 Å². The minimum absolute atomic E-state index is 0.256. The summed E-state index contributed by atoms with van der Waals surface area (Å²) in [6, 6.07) is 6.67. The largest absolute Gasteiger partial charge is 0.379 e. The van der Waals surface area contributed by atoms with E-state index in [9.17, 15) is 8.42 Å². The number of rotatable bonds is 7. The number of imidazole rings is 1. The molecule has 2 rings (SSSR count). The maximum Gasteiger partial charge on any atom is 0.240 e. The molecule has 0 aliphatic heterocycles. The van der Waals surface area contributed by atoms with E-state index >= 15 is 0 Å². The Hall–Kier alpha value is -1.86. The number of benzene rings is 1. The molecule has 2 aromatic rings. The van der Waals surface area contributed by atoms with Crippen molar-refractivity contribution < 1.29 is 8.42 Å². The van der Waals surface area contributed by atoms with Gasteiger partial charge in [0.25, 0.3) is 0 Å². The van der Waals surface area contributed by atoms with Crippen LogP contribution in [0, 0.1) is 0 Å². The molecule has 0 spiro atoms. The van der Waals surface area contributed by atoms with Gasteiger partial charge in [-0.3, -0.25) is 0 Å². The molecular weight excluding hydrogens is 288 g/mol. The smallest absolute Gasteiger partial charge is 0.240 e. The molecule has 0 fully saturated rings. The van der Waals surface area contributed by atoms with Gasteiger partial charge in [0, 0.05) is 18.4 Å². The summed E-state index contributed by atoms with van der Waals surface area (Å²) >= 11 is 0. The lowest BCUT2D eigenvalue weighted by Crippen LogP contribution is -2.18. The molecule has 6 nitrogen and oxygen atoms in total. The van der Waals surface area contributed by atoms with Crippen molar-refractivity contribution in [1.29, 1.82) is 0 Å². The van der Waals surface area contributed by atoms with Crippen LogP contribution in [0.2, 0.25) is 0 Å². The molecule has 0 saturated carbocycles. The second kappa shape index (κ2) is 6.73. The molecule has 0 unspecified atom stereocenters. The van der Waals surface area contributed by atoms with Crippen LogP contribution in [0.4, 0.5) is 5.69 Å². The monoisotopic (exact) mass is 308 g/mol. The minimum atomic E-state index is -3.38. The Morgan fingerprint density at radius 3 is 2.57 bits per heavy atom. The number of aromatic nitrogens is 2. The summed E-state index contributed by atoms with van der Waals surface area (Å²) in [7, 11) is -1.98. The van der Waals surface area contributed by atoms with E-state index in [1.807, 2.05) is 12.5 Å². The molecule has 1 aromatic carbocycles. The second-order valence-electron chi connectivity index (χ2n) is 4.66. The third-order valence-electron chi connectivity index (χ3n) is 3.17. The highest BCUT2D eigenvalue weighted by atomic mass is 32.2. The molecule has 0 saturated heterocycles. The summed E-state index contributed by atoms with van der Waals surface area (Å²) in [6.07, 6.45) is 4.71. The van der Waals surface area contributed by atoms with Gasteiger partial charge in [-0.25, -0.2) is 18.1 Å². The molecule has 7 heteroatoms. The normalized spacial score (nSPS) is 11.5. The Morgan fingerprint density at radius 2 is 1.95 bits per heavy atom. The van der Waals surface area contributed by atoms with Crippen molar-refractivity contribution >= 4 is 15.7 Å². The average molecular weight is 308 g/mol. The molecule has 0 amide bonds. The van der Waals surface area contributed by atoms with Crippen molar-refractivity contribution in [3.05, 3.63) is 42.5 Å². The van der Waals surface area contributed by atoms with Gasteiger partial charge in [0.05, 0.1) is 23.5 Å². The van der Waals surface area contributed by atoms with Gasteiger partial charge >= 0.3 is 0 Å². The highest BCUT2D eigenvalue weighted by molar-refractivity contribution is 7.89. The summed E-state index contributed by atoms with van der Waals surface area (Å²) in [5.41, 5.74) is 1.97. The molecule has 0 atom stereocenters. The molecule has 0 aliphatic rings. The lowest BCUT2D eigenvalue weighted by atomic mass is 10.3. The second-order valence-corrected chi connectivity index (χ2v) is 6.55. The van der Waals surface area contributed by atoms with E-state index in [1.165, 1.54) is 7.05 Å². The predicted molar refractivity (Wildman–Crippen MR) is 82.5 cm³/mol. The Bertz CT molecular complexity index is 677. The first kappa shape index (κ1) is 15.5. The van der Waals surface area contributed by atoms with E-state index in [-0.39, 0.29) is 4.90 Å². The fraction of sp³-hybridized carbons (Fsp3) is 0.357. The fourth-order valence-electron chi connectivity index (χ4n) is 2.00. The van der Waals surface area contributed by atoms with E-state index in [2.05, 4.69) is 26.5 Å². The molecule has 0 aliphatic carbocycles. The third-order valence-corrected chi connectivity index (χ3v) is 4.60. The Kier molecular flexibility index (Phi) is 4.98. The van der Waals surface area contributed by atoms with E-state index < -0.39 is 10.0 Å². The van der Waals surface area contributed by atoms with Gasteiger partial charge in [0.15, 0.2) is 0 Å². The van der Waals surface area contributed by atoms with E-state index in [4.69, 9.17) is 0 Å². The van der Waals surface area contributed by atoms with E-state index in [0.717, 1.165) is 24.3 Å². The molecule has 21 heavy (non-hydrogen) atoms. The summed E-state index contributed by atoms with van der Waals surface area (Å²) in [4.78, 5) is 4.40. The number of hydrogen-bond acceptors (Lipinski definition) is 4. The summed E-state index contributed by atoms with van der Waals surface area (Å²) in [6.45, 7) is 3.71. The van der Waals surface area contributed by atoms with Crippen molar-refractivity contribution in [3.63, 3.8) is 0 Å². The lowest BCUT2D eigenvalue weighted by Gasteiger charge is -2.10. The van der Waals surface area contributed by atoms with Crippen LogP contribution < -0.4 is 10.0 Å². The van der Waals surface area contributed by atoms with Crippen LogP contribution in [0.5, 0.6) is 0 Å². The summed E-state index contributed by atoms with van der Waals surface area (Å²) in [5.74, 6) is 0. The molecule has 0 bridgehead atoms. The van der Waals surface area contributed by atoms with Crippen molar-refractivity contribution in [2.75, 3.05) is 12.4 Å². The first-order valence-corrected chi connectivity index (χ1v) is 8.31. The number of aryl methyl sites for hydroxylation is 1. The quantitative estimate of drug-likeness (QED) is 0.818. The van der Waals surface area contributed by atoms with Gasteiger partial charge in [-0.05, 0) is 37.7 Å². The number of nitrogens with zero attached hydrogens (tertiary/aromatic N) is 2. The number of nitrogens with one attached hydrogen (secondary N) is 2. The van der Waals surface area contributed by atoms with E-state index in [1.54, 1.807) is 24.3 Å². The number of sulfonamides is 1. The summed E-state index contributed by atoms with van der Waals surface area (Å²) in [5, 5.41) is 3.27. The lowest BCUT2D eigenvalue weighted by molar-refractivity contribution is 0.588. The Morgan fingerprint density at radius 1 is 1.24 bits per heavy atom. The average Bonchev–Trinajstić information content (AvgIpc) is 2.93. The van der Waals surface area contributed by atoms with Crippen molar-refractivity contribution in [2.24, 2.45) is 0 Å². The van der Waals surface area contributed by atoms with Gasteiger partial charge < -0.3 is 9.88 Å². The van der Waals surface area contributed by atoms with Crippen LogP contribution >= 0.6 is 0 Å². The van der Waals surface area contributed by atoms with Gasteiger partial charge in [0.2, 0.25) is 10.0 Å². The zero-order chi connectivity index (χ0) is 15.3. The SMILES string of the molecule is CCCn1cncc1CNc1ccc(S(=O)(=O)NC)cc1. The summed E-state index contributed by atoms with van der Waals surface area (Å²) < 4.78 is 27.7. The molecule has 1 heterocycles.